The molecule has 0 aliphatic heterocycles. The molecule has 2 saturated carbocycles. The lowest BCUT2D eigenvalue weighted by atomic mass is 10.0. The van der Waals surface area contributed by atoms with E-state index >= 15 is 0 Å². The van der Waals surface area contributed by atoms with Crippen LogP contribution in [0.5, 0.6) is 0 Å². The minimum atomic E-state index is 0.224. The standard InChI is InChI=1S/C15H25N3O/c1-3-9-16-12(4-2)14-17-18-15(19-14)13-10-7-5-6-8-11(10)13/h10-13,16H,3-9H2,1-2H3. The van der Waals surface area contributed by atoms with Crippen LogP contribution in [-0.4, -0.2) is 16.7 Å². The Kier molecular flexibility index (Phi) is 3.87. The van der Waals surface area contributed by atoms with Crippen LogP contribution >= 0.6 is 0 Å². The third-order valence-corrected chi connectivity index (χ3v) is 4.75. The van der Waals surface area contributed by atoms with E-state index < -0.39 is 0 Å². The summed E-state index contributed by atoms with van der Waals surface area (Å²) in [5.41, 5.74) is 0. The first kappa shape index (κ1) is 13.1. The van der Waals surface area contributed by atoms with Crippen molar-refractivity contribution >= 4 is 0 Å². The van der Waals surface area contributed by atoms with Crippen molar-refractivity contribution in [1.29, 1.82) is 0 Å². The third kappa shape index (κ3) is 2.55. The Balaban J connectivity index is 1.65. The van der Waals surface area contributed by atoms with Crippen LogP contribution in [0, 0.1) is 11.8 Å². The quantitative estimate of drug-likeness (QED) is 0.854. The zero-order valence-corrected chi connectivity index (χ0v) is 12.1. The Bertz CT molecular complexity index is 405. The Morgan fingerprint density at radius 2 is 1.95 bits per heavy atom. The summed E-state index contributed by atoms with van der Waals surface area (Å²) in [7, 11) is 0. The number of nitrogens with one attached hydrogen (secondary N) is 1. The average molecular weight is 263 g/mol. The van der Waals surface area contributed by atoms with Crippen LogP contribution in [0.2, 0.25) is 0 Å². The van der Waals surface area contributed by atoms with E-state index in [9.17, 15) is 0 Å². The summed E-state index contributed by atoms with van der Waals surface area (Å²) in [4.78, 5) is 0. The molecule has 1 N–H and O–H groups in total. The van der Waals surface area contributed by atoms with Crippen molar-refractivity contribution in [3.8, 4) is 0 Å². The summed E-state index contributed by atoms with van der Waals surface area (Å²) in [6.45, 7) is 5.34. The number of hydrogen-bond donors (Lipinski definition) is 1. The lowest BCUT2D eigenvalue weighted by Gasteiger charge is -2.11. The number of hydrogen-bond acceptors (Lipinski definition) is 4. The maximum atomic E-state index is 5.96. The summed E-state index contributed by atoms with van der Waals surface area (Å²) < 4.78 is 5.96. The van der Waals surface area contributed by atoms with Crippen molar-refractivity contribution in [2.24, 2.45) is 11.8 Å². The van der Waals surface area contributed by atoms with Gasteiger partial charge in [-0.05, 0) is 44.1 Å². The fraction of sp³-hybridized carbons (Fsp3) is 0.867. The van der Waals surface area contributed by atoms with Crippen LogP contribution in [0.1, 0.15) is 76.1 Å². The van der Waals surface area contributed by atoms with Gasteiger partial charge in [-0.2, -0.15) is 0 Å². The molecule has 2 aliphatic carbocycles. The predicted octanol–water partition coefficient (Wildman–Crippen LogP) is 3.42. The van der Waals surface area contributed by atoms with Crippen molar-refractivity contribution < 1.29 is 4.42 Å². The van der Waals surface area contributed by atoms with Crippen LogP contribution in [0.15, 0.2) is 4.42 Å². The van der Waals surface area contributed by atoms with Crippen LogP contribution in [0.4, 0.5) is 0 Å². The van der Waals surface area contributed by atoms with Gasteiger partial charge < -0.3 is 9.73 Å². The third-order valence-electron chi connectivity index (χ3n) is 4.75. The van der Waals surface area contributed by atoms with Gasteiger partial charge in [-0.25, -0.2) is 0 Å². The average Bonchev–Trinajstić information content (AvgIpc) is 2.99. The molecule has 3 atom stereocenters. The SMILES string of the molecule is CCCNC(CC)c1nnc(C2C3CCCCC32)o1. The second kappa shape index (κ2) is 5.61. The van der Waals surface area contributed by atoms with Crippen molar-refractivity contribution in [3.05, 3.63) is 11.8 Å². The molecule has 4 heteroatoms. The van der Waals surface area contributed by atoms with Crippen LogP contribution in [0.25, 0.3) is 0 Å². The molecule has 3 rings (SSSR count). The first-order valence-electron chi connectivity index (χ1n) is 7.91. The first-order valence-corrected chi connectivity index (χ1v) is 7.91. The Hall–Kier alpha value is -0.900. The molecule has 2 aliphatic rings. The topological polar surface area (TPSA) is 51.0 Å². The van der Waals surface area contributed by atoms with E-state index in [0.29, 0.717) is 5.92 Å². The summed E-state index contributed by atoms with van der Waals surface area (Å²) in [6, 6.07) is 0.224. The molecule has 0 spiro atoms. The number of rotatable bonds is 6. The normalized spacial score (nSPS) is 30.9. The minimum absolute atomic E-state index is 0.224. The van der Waals surface area contributed by atoms with Crippen LogP contribution < -0.4 is 5.32 Å². The summed E-state index contributed by atoms with van der Waals surface area (Å²) in [5.74, 6) is 3.95. The molecule has 1 heterocycles. The number of nitrogens with zero attached hydrogens (tertiary/aromatic N) is 2. The molecule has 3 unspecified atom stereocenters. The Morgan fingerprint density at radius 1 is 1.21 bits per heavy atom. The van der Waals surface area contributed by atoms with Gasteiger partial charge in [0.15, 0.2) is 0 Å². The second-order valence-electron chi connectivity index (χ2n) is 6.03. The number of aromatic nitrogens is 2. The monoisotopic (exact) mass is 263 g/mol. The first-order chi connectivity index (χ1) is 9.35. The van der Waals surface area contributed by atoms with Crippen molar-refractivity contribution in [3.63, 3.8) is 0 Å². The summed E-state index contributed by atoms with van der Waals surface area (Å²) >= 11 is 0. The fourth-order valence-corrected chi connectivity index (χ4v) is 3.61. The molecule has 0 amide bonds. The lowest BCUT2D eigenvalue weighted by molar-refractivity contribution is 0.369. The van der Waals surface area contributed by atoms with Gasteiger partial charge in [-0.3, -0.25) is 0 Å². The fourth-order valence-electron chi connectivity index (χ4n) is 3.61. The maximum absolute atomic E-state index is 5.96. The molecule has 0 aromatic carbocycles. The van der Waals surface area contributed by atoms with Crippen molar-refractivity contribution in [1.82, 2.24) is 15.5 Å². The van der Waals surface area contributed by atoms with Gasteiger partial charge in [0, 0.05) is 5.92 Å². The molecule has 1 aromatic heterocycles. The molecule has 4 nitrogen and oxygen atoms in total. The second-order valence-corrected chi connectivity index (χ2v) is 6.03. The molecule has 0 saturated heterocycles. The highest BCUT2D eigenvalue weighted by molar-refractivity contribution is 5.14. The Labute approximate surface area is 115 Å². The predicted molar refractivity (Wildman–Crippen MR) is 73.8 cm³/mol. The van der Waals surface area contributed by atoms with Gasteiger partial charge >= 0.3 is 0 Å². The van der Waals surface area contributed by atoms with E-state index in [1.54, 1.807) is 0 Å². The Morgan fingerprint density at radius 3 is 2.58 bits per heavy atom. The van der Waals surface area contributed by atoms with Crippen LogP contribution in [-0.2, 0) is 0 Å². The molecule has 1 aromatic rings. The molecule has 0 radical (unpaired) electrons. The molecule has 19 heavy (non-hydrogen) atoms. The highest BCUT2D eigenvalue weighted by atomic mass is 16.4. The van der Waals surface area contributed by atoms with E-state index in [2.05, 4.69) is 29.4 Å². The van der Waals surface area contributed by atoms with Gasteiger partial charge in [0.1, 0.15) is 0 Å². The molecule has 0 bridgehead atoms. The van der Waals surface area contributed by atoms with Gasteiger partial charge in [0.2, 0.25) is 11.8 Å². The highest BCUT2D eigenvalue weighted by Gasteiger charge is 2.54. The highest BCUT2D eigenvalue weighted by Crippen LogP contribution is 2.60. The smallest absolute Gasteiger partial charge is 0.233 e. The maximum Gasteiger partial charge on any atom is 0.233 e. The zero-order chi connectivity index (χ0) is 13.2. The van der Waals surface area contributed by atoms with Crippen LogP contribution in [0.3, 0.4) is 0 Å². The van der Waals surface area contributed by atoms with E-state index in [-0.39, 0.29) is 6.04 Å². The number of fused-ring (bicyclic) bond motifs is 1. The largest absolute Gasteiger partial charge is 0.423 e. The van der Waals surface area contributed by atoms with E-state index in [4.69, 9.17) is 4.42 Å². The minimum Gasteiger partial charge on any atom is -0.423 e. The molecule has 2 fully saturated rings. The lowest BCUT2D eigenvalue weighted by Crippen LogP contribution is -2.21. The molecule has 106 valence electrons. The van der Waals surface area contributed by atoms with E-state index in [0.717, 1.165) is 43.0 Å². The van der Waals surface area contributed by atoms with Crippen molar-refractivity contribution in [2.75, 3.05) is 6.54 Å². The van der Waals surface area contributed by atoms with Gasteiger partial charge in [0.25, 0.3) is 0 Å². The van der Waals surface area contributed by atoms with Gasteiger partial charge in [-0.1, -0.05) is 26.7 Å². The summed E-state index contributed by atoms with van der Waals surface area (Å²) in [5, 5.41) is 12.1. The molecular weight excluding hydrogens is 238 g/mol. The van der Waals surface area contributed by atoms with E-state index in [1.807, 2.05) is 0 Å². The zero-order valence-electron chi connectivity index (χ0n) is 12.1. The summed E-state index contributed by atoms with van der Waals surface area (Å²) in [6.07, 6.45) is 7.61. The van der Waals surface area contributed by atoms with Crippen molar-refractivity contribution in [2.45, 2.75) is 64.3 Å². The molecular formula is C15H25N3O. The van der Waals surface area contributed by atoms with Gasteiger partial charge in [0.05, 0.1) is 6.04 Å². The van der Waals surface area contributed by atoms with E-state index in [1.165, 1.54) is 25.7 Å². The van der Waals surface area contributed by atoms with Gasteiger partial charge in [-0.15, -0.1) is 10.2 Å².